The maximum Gasteiger partial charge on any atom is 0.337 e. The number of aromatic carboxylic acids is 1. The van der Waals surface area contributed by atoms with Gasteiger partial charge in [0.2, 0.25) is 5.91 Å². The van der Waals surface area contributed by atoms with Gasteiger partial charge in [-0.25, -0.2) is 13.2 Å². The zero-order chi connectivity index (χ0) is 24.0. The number of benzene rings is 2. The minimum absolute atomic E-state index is 0.0122. The number of nitrogens with one attached hydrogen (secondary N) is 2. The molecule has 2 aromatic carbocycles. The fourth-order valence-electron chi connectivity index (χ4n) is 3.78. The molecule has 178 valence electrons. The molecule has 1 heterocycles. The van der Waals surface area contributed by atoms with Gasteiger partial charge >= 0.3 is 5.97 Å². The topological polar surface area (TPSA) is 119 Å². The van der Waals surface area contributed by atoms with E-state index in [1.54, 1.807) is 37.3 Å². The summed E-state index contributed by atoms with van der Waals surface area (Å²) in [4.78, 5) is 28.0. The number of hydrogen-bond acceptors (Lipinski definition) is 6. The normalized spacial score (nSPS) is 14.7. The molecule has 1 saturated heterocycles. The maximum absolute atomic E-state index is 12.8. The molecule has 1 aliphatic rings. The van der Waals surface area contributed by atoms with Crippen LogP contribution in [0.1, 0.15) is 29.3 Å². The SMILES string of the molecule is CCCNC(=O)CN1CCN(c2ccc(NS(=O)(=O)c3ccccc3C)cc2C(=O)O)CC1. The van der Waals surface area contributed by atoms with Crippen LogP contribution in [0.15, 0.2) is 47.4 Å². The van der Waals surface area contributed by atoms with Crippen LogP contribution in [0.25, 0.3) is 0 Å². The molecule has 0 aliphatic carbocycles. The van der Waals surface area contributed by atoms with E-state index < -0.39 is 16.0 Å². The third-order valence-corrected chi connectivity index (χ3v) is 7.06. The summed E-state index contributed by atoms with van der Waals surface area (Å²) >= 11 is 0. The lowest BCUT2D eigenvalue weighted by molar-refractivity contribution is -0.122. The Bertz CT molecular complexity index is 1110. The van der Waals surface area contributed by atoms with Crippen LogP contribution in [-0.4, -0.2) is 69.6 Å². The Hall–Kier alpha value is -3.11. The van der Waals surface area contributed by atoms with Crippen LogP contribution in [-0.2, 0) is 14.8 Å². The number of aryl methyl sites for hydroxylation is 1. The number of anilines is 2. The Labute approximate surface area is 194 Å². The molecule has 1 aliphatic heterocycles. The number of hydrogen-bond donors (Lipinski definition) is 3. The Balaban J connectivity index is 1.72. The van der Waals surface area contributed by atoms with Crippen molar-refractivity contribution in [1.82, 2.24) is 10.2 Å². The van der Waals surface area contributed by atoms with Gasteiger partial charge in [-0.15, -0.1) is 0 Å². The van der Waals surface area contributed by atoms with E-state index in [4.69, 9.17) is 0 Å². The standard InChI is InChI=1S/C23H30N4O5S/c1-3-10-24-22(28)16-26-11-13-27(14-12-26)20-9-8-18(15-19(20)23(29)30)25-33(31,32)21-7-5-4-6-17(21)2/h4-9,15,25H,3,10-14,16H2,1-2H3,(H,24,28)(H,29,30). The molecule has 0 saturated carbocycles. The van der Waals surface area contributed by atoms with Crippen LogP contribution in [0.4, 0.5) is 11.4 Å². The lowest BCUT2D eigenvalue weighted by Crippen LogP contribution is -2.49. The summed E-state index contributed by atoms with van der Waals surface area (Å²) in [5, 5.41) is 12.6. The van der Waals surface area contributed by atoms with E-state index in [9.17, 15) is 23.1 Å². The molecular formula is C23H30N4O5S. The molecule has 9 nitrogen and oxygen atoms in total. The number of carboxylic acids is 1. The first-order chi connectivity index (χ1) is 15.7. The quantitative estimate of drug-likeness (QED) is 0.509. The second kappa shape index (κ2) is 10.7. The number of carbonyl (C=O) groups excluding carboxylic acids is 1. The lowest BCUT2D eigenvalue weighted by atomic mass is 10.1. The van der Waals surface area contributed by atoms with Crippen LogP contribution < -0.4 is 14.9 Å². The number of sulfonamides is 1. The second-order valence-electron chi connectivity index (χ2n) is 8.02. The summed E-state index contributed by atoms with van der Waals surface area (Å²) < 4.78 is 28.0. The van der Waals surface area contributed by atoms with Gasteiger partial charge in [-0.3, -0.25) is 14.4 Å². The fourth-order valence-corrected chi connectivity index (χ4v) is 5.08. The lowest BCUT2D eigenvalue weighted by Gasteiger charge is -2.36. The zero-order valence-corrected chi connectivity index (χ0v) is 19.7. The van der Waals surface area contributed by atoms with Gasteiger partial charge in [0, 0.05) is 38.4 Å². The molecule has 1 amide bonds. The highest BCUT2D eigenvalue weighted by Gasteiger charge is 2.24. The summed E-state index contributed by atoms with van der Waals surface area (Å²) in [6.45, 7) is 7.05. The highest BCUT2D eigenvalue weighted by atomic mass is 32.2. The van der Waals surface area contributed by atoms with E-state index in [-0.39, 0.29) is 22.1 Å². The van der Waals surface area contributed by atoms with E-state index in [1.807, 2.05) is 16.7 Å². The van der Waals surface area contributed by atoms with Crippen molar-refractivity contribution in [2.45, 2.75) is 25.2 Å². The van der Waals surface area contributed by atoms with Gasteiger partial charge in [0.25, 0.3) is 10.0 Å². The van der Waals surface area contributed by atoms with Crippen LogP contribution in [0.2, 0.25) is 0 Å². The molecule has 0 spiro atoms. The first-order valence-electron chi connectivity index (χ1n) is 10.9. The van der Waals surface area contributed by atoms with Gasteiger partial charge in [0.15, 0.2) is 0 Å². The van der Waals surface area contributed by atoms with Gasteiger partial charge < -0.3 is 15.3 Å². The van der Waals surface area contributed by atoms with Crippen molar-refractivity contribution >= 4 is 33.3 Å². The van der Waals surface area contributed by atoms with Crippen molar-refractivity contribution < 1.29 is 23.1 Å². The van der Waals surface area contributed by atoms with E-state index in [0.29, 0.717) is 50.5 Å². The van der Waals surface area contributed by atoms with Crippen molar-refractivity contribution in [3.8, 4) is 0 Å². The average molecular weight is 475 g/mol. The van der Waals surface area contributed by atoms with E-state index in [1.165, 1.54) is 12.1 Å². The molecule has 0 unspecified atom stereocenters. The minimum Gasteiger partial charge on any atom is -0.478 e. The number of carbonyl (C=O) groups is 2. The van der Waals surface area contributed by atoms with E-state index in [2.05, 4.69) is 10.0 Å². The van der Waals surface area contributed by atoms with Gasteiger partial charge in [0.05, 0.1) is 22.7 Å². The first kappa shape index (κ1) is 24.5. The van der Waals surface area contributed by atoms with Crippen LogP contribution in [0.3, 0.4) is 0 Å². The van der Waals surface area contributed by atoms with Gasteiger partial charge in [-0.2, -0.15) is 0 Å². The van der Waals surface area contributed by atoms with Crippen molar-refractivity contribution in [3.05, 3.63) is 53.6 Å². The molecule has 3 N–H and O–H groups in total. The van der Waals surface area contributed by atoms with Crippen LogP contribution in [0.5, 0.6) is 0 Å². The Kier molecular flexibility index (Phi) is 7.93. The third kappa shape index (κ3) is 6.23. The molecule has 0 radical (unpaired) electrons. The number of amides is 1. The summed E-state index contributed by atoms with van der Waals surface area (Å²) in [5.41, 5.74) is 1.33. The Morgan fingerprint density at radius 3 is 2.39 bits per heavy atom. The van der Waals surface area contributed by atoms with E-state index >= 15 is 0 Å². The van der Waals surface area contributed by atoms with Crippen LogP contribution in [0, 0.1) is 6.92 Å². The number of nitrogens with zero attached hydrogens (tertiary/aromatic N) is 2. The largest absolute Gasteiger partial charge is 0.478 e. The van der Waals surface area contributed by atoms with Gasteiger partial charge in [-0.05, 0) is 43.2 Å². The van der Waals surface area contributed by atoms with Gasteiger partial charge in [0.1, 0.15) is 0 Å². The summed E-state index contributed by atoms with van der Waals surface area (Å²) in [6, 6.07) is 11.1. The number of rotatable bonds is 9. The molecular weight excluding hydrogens is 444 g/mol. The van der Waals surface area contributed by atoms with Crippen LogP contribution >= 0.6 is 0 Å². The van der Waals surface area contributed by atoms with Crippen molar-refractivity contribution in [2.24, 2.45) is 0 Å². The smallest absolute Gasteiger partial charge is 0.337 e. The average Bonchev–Trinajstić information content (AvgIpc) is 2.78. The van der Waals surface area contributed by atoms with Gasteiger partial charge in [-0.1, -0.05) is 25.1 Å². The highest BCUT2D eigenvalue weighted by molar-refractivity contribution is 7.92. The molecule has 2 aromatic rings. The minimum atomic E-state index is -3.85. The second-order valence-corrected chi connectivity index (χ2v) is 9.67. The molecule has 0 aromatic heterocycles. The molecule has 1 fully saturated rings. The van der Waals surface area contributed by atoms with Crippen molar-refractivity contribution in [1.29, 1.82) is 0 Å². The predicted octanol–water partition coefficient (Wildman–Crippen LogP) is 2.14. The predicted molar refractivity (Wildman–Crippen MR) is 127 cm³/mol. The zero-order valence-electron chi connectivity index (χ0n) is 18.9. The molecule has 10 heteroatoms. The monoisotopic (exact) mass is 474 g/mol. The number of carboxylic acid groups (broad SMARTS) is 1. The highest BCUT2D eigenvalue weighted by Crippen LogP contribution is 2.27. The summed E-state index contributed by atoms with van der Waals surface area (Å²) in [5.74, 6) is -1.15. The first-order valence-corrected chi connectivity index (χ1v) is 12.4. The fraction of sp³-hybridized carbons (Fsp3) is 0.391. The third-order valence-electron chi connectivity index (χ3n) is 5.51. The molecule has 3 rings (SSSR count). The molecule has 0 bridgehead atoms. The Morgan fingerprint density at radius 1 is 1.06 bits per heavy atom. The van der Waals surface area contributed by atoms with Crippen molar-refractivity contribution in [3.63, 3.8) is 0 Å². The summed E-state index contributed by atoms with van der Waals surface area (Å²) in [6.07, 6.45) is 0.884. The molecule has 33 heavy (non-hydrogen) atoms. The van der Waals surface area contributed by atoms with Crippen molar-refractivity contribution in [2.75, 3.05) is 48.9 Å². The van der Waals surface area contributed by atoms with E-state index in [0.717, 1.165) is 6.42 Å². The Morgan fingerprint density at radius 2 is 1.76 bits per heavy atom. The maximum atomic E-state index is 12.8. The molecule has 0 atom stereocenters. The summed E-state index contributed by atoms with van der Waals surface area (Å²) in [7, 11) is -3.85. The number of piperazine rings is 1.